The molecule has 0 heterocycles. The first-order valence-electron chi connectivity index (χ1n) is 5.58. The summed E-state index contributed by atoms with van der Waals surface area (Å²) in [7, 11) is 0. The van der Waals surface area contributed by atoms with Crippen LogP contribution in [0.2, 0.25) is 0 Å². The molecule has 82 valence electrons. The topological polar surface area (TPSA) is 17.1 Å². The molecule has 0 fully saturated rings. The Kier molecular flexibility index (Phi) is 4.07. The maximum absolute atomic E-state index is 11.8. The van der Waals surface area contributed by atoms with Gasteiger partial charge in [0, 0.05) is 6.42 Å². The Hall–Kier alpha value is -1.11. The number of ketones is 1. The van der Waals surface area contributed by atoms with Crippen LogP contribution in [0, 0.1) is 5.41 Å². The van der Waals surface area contributed by atoms with Gasteiger partial charge in [0.05, 0.1) is 0 Å². The van der Waals surface area contributed by atoms with E-state index in [9.17, 15) is 4.79 Å². The second-order valence-electron chi connectivity index (χ2n) is 4.75. The van der Waals surface area contributed by atoms with Gasteiger partial charge in [0.2, 0.25) is 0 Å². The van der Waals surface area contributed by atoms with Crippen LogP contribution in [0.3, 0.4) is 0 Å². The molecule has 0 bridgehead atoms. The van der Waals surface area contributed by atoms with E-state index in [-0.39, 0.29) is 5.41 Å². The van der Waals surface area contributed by atoms with E-state index in [1.54, 1.807) is 0 Å². The third-order valence-electron chi connectivity index (χ3n) is 2.62. The molecule has 1 nitrogen and oxygen atoms in total. The van der Waals surface area contributed by atoms with Crippen molar-refractivity contribution < 1.29 is 4.79 Å². The molecule has 0 N–H and O–H groups in total. The molecule has 15 heavy (non-hydrogen) atoms. The van der Waals surface area contributed by atoms with Gasteiger partial charge in [0.1, 0.15) is 0 Å². The molecule has 1 rings (SSSR count). The van der Waals surface area contributed by atoms with Gasteiger partial charge in [0.15, 0.2) is 5.78 Å². The van der Waals surface area contributed by atoms with Gasteiger partial charge in [-0.15, -0.1) is 0 Å². The van der Waals surface area contributed by atoms with Crippen LogP contribution in [0.5, 0.6) is 0 Å². The van der Waals surface area contributed by atoms with Crippen molar-refractivity contribution >= 4 is 5.78 Å². The largest absolute Gasteiger partial charge is 0.295 e. The lowest BCUT2D eigenvalue weighted by Crippen LogP contribution is -2.16. The average molecular weight is 204 g/mol. The monoisotopic (exact) mass is 204 g/mol. The van der Waals surface area contributed by atoms with Crippen molar-refractivity contribution in [3.05, 3.63) is 36.0 Å². The highest BCUT2D eigenvalue weighted by atomic mass is 16.1. The van der Waals surface area contributed by atoms with Gasteiger partial charge < -0.3 is 0 Å². The number of carbonyl (C=O) groups excluding carboxylic acids is 1. The number of allylic oxidation sites excluding steroid dienone is 6. The fourth-order valence-corrected chi connectivity index (χ4v) is 1.77. The van der Waals surface area contributed by atoms with Gasteiger partial charge in [-0.2, -0.15) is 0 Å². The standard InChI is InChI=1S/C14H20O/c1-4-5-6-9-13(15)12-8-7-10-14(2,3)11-12/h4-5,7-8,10H,6,9,11H2,1-3H3. The number of Topliss-reactive ketones (excluding diaryl/α,β-unsaturated/α-hetero) is 1. The first kappa shape index (κ1) is 12.0. The Morgan fingerprint density at radius 2 is 2.27 bits per heavy atom. The van der Waals surface area contributed by atoms with Crippen molar-refractivity contribution in [3.8, 4) is 0 Å². The van der Waals surface area contributed by atoms with Crippen LogP contribution < -0.4 is 0 Å². The first-order chi connectivity index (χ1) is 7.05. The van der Waals surface area contributed by atoms with E-state index in [0.29, 0.717) is 12.2 Å². The highest BCUT2D eigenvalue weighted by Gasteiger charge is 2.21. The van der Waals surface area contributed by atoms with Crippen LogP contribution in [-0.4, -0.2) is 5.78 Å². The second-order valence-corrected chi connectivity index (χ2v) is 4.75. The molecule has 0 spiro atoms. The smallest absolute Gasteiger partial charge is 0.159 e. The Morgan fingerprint density at radius 1 is 1.53 bits per heavy atom. The summed E-state index contributed by atoms with van der Waals surface area (Å²) < 4.78 is 0. The van der Waals surface area contributed by atoms with Gasteiger partial charge in [-0.1, -0.05) is 44.2 Å². The summed E-state index contributed by atoms with van der Waals surface area (Å²) in [6.07, 6.45) is 12.5. The molecular formula is C14H20O. The molecule has 0 aromatic heterocycles. The average Bonchev–Trinajstić information content (AvgIpc) is 2.16. The molecule has 1 aliphatic rings. The molecule has 0 saturated carbocycles. The molecule has 0 atom stereocenters. The second kappa shape index (κ2) is 5.11. The highest BCUT2D eigenvalue weighted by molar-refractivity contribution is 5.96. The number of rotatable bonds is 4. The summed E-state index contributed by atoms with van der Waals surface area (Å²) in [5.41, 5.74) is 1.12. The van der Waals surface area contributed by atoms with E-state index in [0.717, 1.165) is 18.4 Å². The highest BCUT2D eigenvalue weighted by Crippen LogP contribution is 2.31. The Bertz CT molecular complexity index is 316. The minimum Gasteiger partial charge on any atom is -0.295 e. The van der Waals surface area contributed by atoms with Crippen molar-refractivity contribution in [1.82, 2.24) is 0 Å². The van der Waals surface area contributed by atoms with E-state index in [2.05, 4.69) is 19.9 Å². The summed E-state index contributed by atoms with van der Waals surface area (Å²) in [4.78, 5) is 11.8. The van der Waals surface area contributed by atoms with E-state index < -0.39 is 0 Å². The van der Waals surface area contributed by atoms with E-state index in [1.165, 1.54) is 0 Å². The van der Waals surface area contributed by atoms with E-state index in [4.69, 9.17) is 0 Å². The summed E-state index contributed by atoms with van der Waals surface area (Å²) in [6.45, 7) is 6.31. The third-order valence-corrected chi connectivity index (χ3v) is 2.62. The lowest BCUT2D eigenvalue weighted by atomic mass is 9.80. The fourth-order valence-electron chi connectivity index (χ4n) is 1.77. The van der Waals surface area contributed by atoms with Crippen LogP contribution >= 0.6 is 0 Å². The maximum Gasteiger partial charge on any atom is 0.159 e. The summed E-state index contributed by atoms with van der Waals surface area (Å²) in [6, 6.07) is 0. The fraction of sp³-hybridized carbons (Fsp3) is 0.500. The van der Waals surface area contributed by atoms with Crippen LogP contribution in [0.1, 0.15) is 40.0 Å². The van der Waals surface area contributed by atoms with Gasteiger partial charge in [-0.05, 0) is 30.8 Å². The van der Waals surface area contributed by atoms with Gasteiger partial charge in [-0.25, -0.2) is 0 Å². The first-order valence-corrected chi connectivity index (χ1v) is 5.58. The van der Waals surface area contributed by atoms with Crippen LogP contribution in [-0.2, 0) is 4.79 Å². The predicted molar refractivity (Wildman–Crippen MR) is 64.7 cm³/mol. The van der Waals surface area contributed by atoms with Crippen molar-refractivity contribution in [2.75, 3.05) is 0 Å². The normalized spacial score (nSPS) is 19.3. The van der Waals surface area contributed by atoms with Crippen molar-refractivity contribution in [1.29, 1.82) is 0 Å². The maximum atomic E-state index is 11.8. The van der Waals surface area contributed by atoms with E-state index >= 15 is 0 Å². The molecule has 0 aromatic rings. The van der Waals surface area contributed by atoms with Crippen molar-refractivity contribution in [2.24, 2.45) is 5.41 Å². The molecule has 0 aromatic carbocycles. The molecule has 1 aliphatic carbocycles. The van der Waals surface area contributed by atoms with Crippen molar-refractivity contribution in [2.45, 2.75) is 40.0 Å². The minimum atomic E-state index is 0.139. The summed E-state index contributed by atoms with van der Waals surface area (Å²) in [5.74, 6) is 0.297. The Labute approximate surface area is 92.6 Å². The molecule has 1 heteroatoms. The third kappa shape index (κ3) is 3.86. The quantitative estimate of drug-likeness (QED) is 0.636. The molecule has 0 aliphatic heterocycles. The molecular weight excluding hydrogens is 184 g/mol. The van der Waals surface area contributed by atoms with E-state index in [1.807, 2.05) is 31.2 Å². The Balaban J connectivity index is 2.54. The molecule has 0 amide bonds. The zero-order valence-corrected chi connectivity index (χ0v) is 9.92. The van der Waals surface area contributed by atoms with Crippen molar-refractivity contribution in [3.63, 3.8) is 0 Å². The lowest BCUT2D eigenvalue weighted by Gasteiger charge is -2.24. The molecule has 0 unspecified atom stereocenters. The summed E-state index contributed by atoms with van der Waals surface area (Å²) >= 11 is 0. The van der Waals surface area contributed by atoms with Gasteiger partial charge >= 0.3 is 0 Å². The lowest BCUT2D eigenvalue weighted by molar-refractivity contribution is -0.115. The molecule has 0 radical (unpaired) electrons. The molecule has 0 saturated heterocycles. The van der Waals surface area contributed by atoms with Crippen LogP contribution in [0.25, 0.3) is 0 Å². The zero-order chi connectivity index (χ0) is 11.3. The summed E-state index contributed by atoms with van der Waals surface area (Å²) in [5, 5.41) is 0. The number of carbonyl (C=O) groups is 1. The SMILES string of the molecule is CC=CCCC(=O)C1=CC=CC(C)(C)C1. The predicted octanol–water partition coefficient (Wildman–Crippen LogP) is 3.82. The Morgan fingerprint density at radius 3 is 2.87 bits per heavy atom. The number of hydrogen-bond donors (Lipinski definition) is 0. The van der Waals surface area contributed by atoms with Gasteiger partial charge in [0.25, 0.3) is 0 Å². The minimum absolute atomic E-state index is 0.139. The van der Waals surface area contributed by atoms with Gasteiger partial charge in [-0.3, -0.25) is 4.79 Å². The number of hydrogen-bond acceptors (Lipinski definition) is 1. The van der Waals surface area contributed by atoms with Crippen LogP contribution in [0.15, 0.2) is 36.0 Å². The van der Waals surface area contributed by atoms with Crippen LogP contribution in [0.4, 0.5) is 0 Å². The zero-order valence-electron chi connectivity index (χ0n) is 9.92.